The minimum Gasteiger partial charge on any atom is -0.394 e. The van der Waals surface area contributed by atoms with Crippen LogP contribution in [0.3, 0.4) is 0 Å². The first-order chi connectivity index (χ1) is 10.4. The van der Waals surface area contributed by atoms with Gasteiger partial charge in [0.1, 0.15) is 12.2 Å². The highest BCUT2D eigenvalue weighted by atomic mass is 31.2. The van der Waals surface area contributed by atoms with Crippen LogP contribution in [0, 0.1) is 0 Å². The van der Waals surface area contributed by atoms with E-state index in [1.807, 2.05) is 0 Å². The van der Waals surface area contributed by atoms with Crippen molar-refractivity contribution in [2.24, 2.45) is 0 Å². The lowest BCUT2D eigenvalue weighted by molar-refractivity contribution is -0.258. The second-order valence-electron chi connectivity index (χ2n) is 3.91. The van der Waals surface area contributed by atoms with Crippen LogP contribution in [0.5, 0.6) is 0 Å². The van der Waals surface area contributed by atoms with Crippen LogP contribution in [0.2, 0.25) is 0 Å². The van der Waals surface area contributed by atoms with E-state index in [1.165, 1.54) is 6.92 Å². The maximum Gasteiger partial charge on any atom is 0.466 e. The van der Waals surface area contributed by atoms with E-state index in [4.69, 9.17) is 48.7 Å². The summed E-state index contributed by atoms with van der Waals surface area (Å²) in [6, 6.07) is 0. The van der Waals surface area contributed by atoms with E-state index in [9.17, 15) is 15.0 Å². The molecule has 0 saturated carbocycles. The lowest BCUT2D eigenvalue weighted by Gasteiger charge is -2.31. The number of hydrogen-bond donors (Lipinski definition) is 10. The van der Waals surface area contributed by atoms with E-state index < -0.39 is 46.0 Å². The molecule has 3 unspecified atom stereocenters. The highest BCUT2D eigenvalue weighted by molar-refractivity contribution is 7.45. The van der Waals surface area contributed by atoms with Crippen molar-refractivity contribution in [1.29, 1.82) is 0 Å². The Morgan fingerprint density at radius 2 is 1.33 bits per heavy atom. The first-order valence-electron chi connectivity index (χ1n) is 5.81. The van der Waals surface area contributed by atoms with Crippen LogP contribution in [0.15, 0.2) is 0 Å². The van der Waals surface area contributed by atoms with Crippen LogP contribution in [0.1, 0.15) is 13.8 Å². The highest BCUT2D eigenvalue weighted by Crippen LogP contribution is 2.26. The number of ketones is 1. The summed E-state index contributed by atoms with van der Waals surface area (Å²) in [5, 5.41) is 36.5. The van der Waals surface area contributed by atoms with Gasteiger partial charge in [-0.2, -0.15) is 0 Å². The Bertz CT molecular complexity index is 406. The topological polar surface area (TPSA) is 263 Å². The van der Waals surface area contributed by atoms with Gasteiger partial charge in [-0.3, -0.25) is 4.79 Å². The summed E-state index contributed by atoms with van der Waals surface area (Å²) in [7, 11) is -9.28. The van der Waals surface area contributed by atoms with Crippen molar-refractivity contribution in [3.8, 4) is 0 Å². The Kier molecular flexibility index (Phi) is 14.4. The lowest BCUT2D eigenvalue weighted by atomic mass is 10.0. The van der Waals surface area contributed by atoms with Crippen molar-refractivity contribution in [2.75, 3.05) is 13.2 Å². The molecule has 0 aromatic rings. The van der Waals surface area contributed by atoms with Gasteiger partial charge in [0.15, 0.2) is 5.78 Å². The van der Waals surface area contributed by atoms with Gasteiger partial charge >= 0.3 is 15.6 Å². The zero-order valence-corrected chi connectivity index (χ0v) is 14.4. The fraction of sp³-hybridized carbons (Fsp3) is 0.875. The second kappa shape index (κ2) is 12.1. The van der Waals surface area contributed by atoms with Crippen LogP contribution < -0.4 is 0 Å². The molecule has 0 aliphatic heterocycles. The summed E-state index contributed by atoms with van der Waals surface area (Å²) in [6.07, 6.45) is -3.50. The maximum absolute atomic E-state index is 11.0. The molecule has 24 heavy (non-hydrogen) atoms. The third kappa shape index (κ3) is 19.7. The van der Waals surface area contributed by atoms with E-state index >= 15 is 0 Å². The monoisotopic (exact) mass is 404 g/mol. The Labute approximate surface area is 136 Å². The van der Waals surface area contributed by atoms with Crippen LogP contribution in [-0.4, -0.2) is 86.8 Å². The van der Waals surface area contributed by atoms with Gasteiger partial charge in [-0.05, 0) is 6.92 Å². The smallest absolute Gasteiger partial charge is 0.394 e. The average molecular weight is 404 g/mol. The minimum atomic E-state index is -4.64. The average Bonchev–Trinajstić information content (AvgIpc) is 2.32. The molecule has 0 aliphatic carbocycles. The van der Waals surface area contributed by atoms with Crippen molar-refractivity contribution in [3.63, 3.8) is 0 Å². The van der Waals surface area contributed by atoms with Crippen LogP contribution in [-0.2, 0) is 18.7 Å². The van der Waals surface area contributed by atoms with Crippen molar-refractivity contribution < 1.29 is 68.4 Å². The van der Waals surface area contributed by atoms with E-state index in [0.29, 0.717) is 0 Å². The van der Waals surface area contributed by atoms with E-state index in [2.05, 4.69) is 4.74 Å². The quantitative estimate of drug-likeness (QED) is 0.150. The minimum absolute atomic E-state index is 0.00864. The highest BCUT2D eigenvalue weighted by Gasteiger charge is 2.45. The molecule has 0 amide bonds. The maximum atomic E-state index is 11.0. The van der Waals surface area contributed by atoms with E-state index in [0.717, 1.165) is 6.92 Å². The molecule has 0 spiro atoms. The van der Waals surface area contributed by atoms with Gasteiger partial charge in [0.25, 0.3) is 5.79 Å². The zero-order chi connectivity index (χ0) is 20.4. The predicted octanol–water partition coefficient (Wildman–Crippen LogP) is -3.84. The van der Waals surface area contributed by atoms with Gasteiger partial charge in [-0.1, -0.05) is 0 Å². The number of carbonyl (C=O) groups is 1. The summed E-state index contributed by atoms with van der Waals surface area (Å²) >= 11 is 0. The van der Waals surface area contributed by atoms with Crippen LogP contribution in [0.25, 0.3) is 0 Å². The molecular formula is C8H22O14P2. The largest absolute Gasteiger partial charge is 0.466 e. The molecule has 0 aliphatic rings. The molecule has 10 N–H and O–H groups in total. The van der Waals surface area contributed by atoms with Gasteiger partial charge in [-0.15, -0.1) is 0 Å². The van der Waals surface area contributed by atoms with Gasteiger partial charge < -0.3 is 54.5 Å². The molecule has 0 radical (unpaired) electrons. The molecule has 0 fully saturated rings. The van der Waals surface area contributed by atoms with Gasteiger partial charge in [0.2, 0.25) is 0 Å². The molecule has 148 valence electrons. The normalized spacial score (nSPS) is 16.5. The summed E-state index contributed by atoms with van der Waals surface area (Å²) < 4.78 is 22.4. The molecule has 0 aromatic heterocycles. The molecule has 0 aromatic carbocycles. The number of rotatable bonds is 6. The van der Waals surface area contributed by atoms with Crippen LogP contribution >= 0.6 is 15.6 Å². The first-order valence-corrected chi connectivity index (χ1v) is 8.94. The molecule has 16 heteroatoms. The standard InChI is InChI=1S/C8H16O6.2H3O4P/c1-3-14-8(13,5(2)10)7(12)6(11)4-9;2*1-5(2,3)4/h6-7,9,11-13H,3-4H2,1-2H3;2*(H3,1,2,3,4). The number of ether oxygens (including phenoxy) is 1. The Balaban J connectivity index is -0.000000361. The first kappa shape index (κ1) is 28.5. The Hall–Kier alpha value is -0.310. The van der Waals surface area contributed by atoms with Gasteiger partial charge in [-0.25, -0.2) is 9.13 Å². The Morgan fingerprint density at radius 1 is 1.04 bits per heavy atom. The van der Waals surface area contributed by atoms with Crippen molar-refractivity contribution in [2.45, 2.75) is 31.8 Å². The van der Waals surface area contributed by atoms with Gasteiger partial charge in [0.05, 0.1) is 6.61 Å². The van der Waals surface area contributed by atoms with E-state index in [-0.39, 0.29) is 6.61 Å². The molecule has 0 bridgehead atoms. The summed E-state index contributed by atoms with van der Waals surface area (Å²) in [5.41, 5.74) is 0. The van der Waals surface area contributed by atoms with Crippen molar-refractivity contribution in [3.05, 3.63) is 0 Å². The number of carbonyl (C=O) groups excluding carboxylic acids is 1. The number of aliphatic hydroxyl groups is 4. The van der Waals surface area contributed by atoms with E-state index in [1.54, 1.807) is 0 Å². The molecule has 0 saturated heterocycles. The molecule has 0 heterocycles. The van der Waals surface area contributed by atoms with Crippen molar-refractivity contribution in [1.82, 2.24) is 0 Å². The lowest BCUT2D eigenvalue weighted by Crippen LogP contribution is -2.56. The number of Topliss-reactive ketones (excluding diaryl/α,β-unsaturated/α-hetero) is 1. The molecule has 0 rings (SSSR count). The number of phosphoric acid groups is 2. The van der Waals surface area contributed by atoms with Crippen molar-refractivity contribution >= 4 is 21.4 Å². The third-order valence-electron chi connectivity index (χ3n) is 1.82. The number of aliphatic hydroxyl groups excluding tert-OH is 3. The SMILES string of the molecule is CCOC(O)(C(C)=O)C(O)C(O)CO.O=P(O)(O)O.O=P(O)(O)O. The summed E-state index contributed by atoms with van der Waals surface area (Å²) in [6.45, 7) is 1.75. The Morgan fingerprint density at radius 3 is 1.50 bits per heavy atom. The molecule has 14 nitrogen and oxygen atoms in total. The summed E-state index contributed by atoms with van der Waals surface area (Å²) in [4.78, 5) is 54.1. The fourth-order valence-electron chi connectivity index (χ4n) is 0.976. The second-order valence-corrected chi connectivity index (χ2v) is 5.96. The predicted molar refractivity (Wildman–Crippen MR) is 74.9 cm³/mol. The molecular weight excluding hydrogens is 382 g/mol. The van der Waals surface area contributed by atoms with Crippen LogP contribution in [0.4, 0.5) is 0 Å². The molecule has 3 atom stereocenters. The fourth-order valence-corrected chi connectivity index (χ4v) is 0.976. The zero-order valence-electron chi connectivity index (χ0n) is 12.6. The third-order valence-corrected chi connectivity index (χ3v) is 1.82. The van der Waals surface area contributed by atoms with Gasteiger partial charge in [0, 0.05) is 13.5 Å². The number of hydrogen-bond acceptors (Lipinski definition) is 8. The summed E-state index contributed by atoms with van der Waals surface area (Å²) in [5.74, 6) is -3.30.